The van der Waals surface area contributed by atoms with Crippen molar-refractivity contribution in [2.75, 3.05) is 24.7 Å². The molecule has 0 bridgehead atoms. The van der Waals surface area contributed by atoms with Crippen LogP contribution in [0.5, 0.6) is 0 Å². The molecule has 0 heterocycles. The lowest BCUT2D eigenvalue weighted by molar-refractivity contribution is 0.262. The maximum absolute atomic E-state index is 13.5. The molecule has 2 amide bonds. The van der Waals surface area contributed by atoms with Crippen LogP contribution in [0.2, 0.25) is 0 Å². The summed E-state index contributed by atoms with van der Waals surface area (Å²) in [7, 11) is -0.743. The molecule has 0 aliphatic heterocycles. The van der Waals surface area contributed by atoms with Gasteiger partial charge >= 0.3 is 6.03 Å². The molecule has 2 aromatic rings. The molecule has 0 atom stereocenters. The lowest BCUT2D eigenvalue weighted by Crippen LogP contribution is -2.22. The molecule has 0 spiro atoms. The van der Waals surface area contributed by atoms with E-state index in [2.05, 4.69) is 10.6 Å². The number of amides is 2. The maximum atomic E-state index is 13.5. The Morgan fingerprint density at radius 3 is 2.17 bits per heavy atom. The fourth-order valence-electron chi connectivity index (χ4n) is 1.80. The maximum Gasteiger partial charge on any atom is 0.323 e. The molecule has 2 N–H and O–H groups in total. The number of nitrogens with one attached hydrogen (secondary N) is 2. The summed E-state index contributed by atoms with van der Waals surface area (Å²) in [4.78, 5) is 11.9. The molecule has 6 nitrogen and oxygen atoms in total. The monoisotopic (exact) mass is 355 g/mol. The molecule has 2 rings (SSSR count). The van der Waals surface area contributed by atoms with Crippen molar-refractivity contribution < 1.29 is 22.0 Å². The third-order valence-electron chi connectivity index (χ3n) is 3.07. The summed E-state index contributed by atoms with van der Waals surface area (Å²) in [5, 5.41) is 4.65. The molecule has 128 valence electrons. The summed E-state index contributed by atoms with van der Waals surface area (Å²) in [6.45, 7) is 0. The minimum atomic E-state index is -3.56. The average molecular weight is 355 g/mol. The van der Waals surface area contributed by atoms with E-state index in [4.69, 9.17) is 0 Å². The van der Waals surface area contributed by atoms with Gasteiger partial charge in [-0.2, -0.15) is 0 Å². The van der Waals surface area contributed by atoms with Gasteiger partial charge in [-0.05, 0) is 36.4 Å². The van der Waals surface area contributed by atoms with Crippen LogP contribution in [-0.4, -0.2) is 32.8 Å². The van der Waals surface area contributed by atoms with E-state index in [0.29, 0.717) is 11.8 Å². The van der Waals surface area contributed by atoms with Crippen LogP contribution in [0.15, 0.2) is 47.4 Å². The standard InChI is InChI=1S/C15H15F2N3O3S/c1-20(2)24(22,23)12-6-4-11(5-7-12)18-15(21)19-14-8-3-10(16)9-13(14)17/h3-9H,1-2H3,(H2,18,19,21). The quantitative estimate of drug-likeness (QED) is 0.885. The second-order valence-corrected chi connectivity index (χ2v) is 7.17. The predicted octanol–water partition coefficient (Wildman–Crippen LogP) is 2.86. The summed E-state index contributed by atoms with van der Waals surface area (Å²) in [6, 6.07) is 7.48. The zero-order chi connectivity index (χ0) is 17.9. The Labute approximate surface area is 138 Å². The molecule has 2 aromatic carbocycles. The van der Waals surface area contributed by atoms with E-state index < -0.39 is 27.7 Å². The topological polar surface area (TPSA) is 78.5 Å². The summed E-state index contributed by atoms with van der Waals surface area (Å²) < 4.78 is 51.2. The van der Waals surface area contributed by atoms with Crippen molar-refractivity contribution in [1.82, 2.24) is 4.31 Å². The van der Waals surface area contributed by atoms with Gasteiger partial charge in [0.25, 0.3) is 0 Å². The first-order valence-electron chi connectivity index (χ1n) is 6.76. The zero-order valence-electron chi connectivity index (χ0n) is 12.9. The summed E-state index contributed by atoms with van der Waals surface area (Å²) in [6.07, 6.45) is 0. The minimum absolute atomic E-state index is 0.0723. The van der Waals surface area contributed by atoms with Crippen molar-refractivity contribution in [1.29, 1.82) is 0 Å². The number of nitrogens with zero attached hydrogens (tertiary/aromatic N) is 1. The van der Waals surface area contributed by atoms with Gasteiger partial charge in [0.05, 0.1) is 10.6 Å². The van der Waals surface area contributed by atoms with E-state index in [9.17, 15) is 22.0 Å². The Hall–Kier alpha value is -2.52. The highest BCUT2D eigenvalue weighted by Crippen LogP contribution is 2.18. The molecular weight excluding hydrogens is 340 g/mol. The van der Waals surface area contributed by atoms with Crippen LogP contribution in [0.25, 0.3) is 0 Å². The normalized spacial score (nSPS) is 11.4. The van der Waals surface area contributed by atoms with E-state index in [0.717, 1.165) is 16.4 Å². The van der Waals surface area contributed by atoms with Crippen molar-refractivity contribution in [2.45, 2.75) is 4.90 Å². The first-order chi connectivity index (χ1) is 11.2. The van der Waals surface area contributed by atoms with Crippen LogP contribution in [0.4, 0.5) is 25.0 Å². The minimum Gasteiger partial charge on any atom is -0.308 e. The van der Waals surface area contributed by atoms with Crippen molar-refractivity contribution in [3.8, 4) is 0 Å². The van der Waals surface area contributed by atoms with E-state index in [-0.39, 0.29) is 10.6 Å². The van der Waals surface area contributed by atoms with Gasteiger partial charge in [0, 0.05) is 25.8 Å². The molecule has 0 radical (unpaired) electrons. The Morgan fingerprint density at radius 2 is 1.62 bits per heavy atom. The summed E-state index contributed by atoms with van der Waals surface area (Å²) in [5.41, 5.74) is 0.133. The number of anilines is 2. The van der Waals surface area contributed by atoms with Crippen LogP contribution >= 0.6 is 0 Å². The van der Waals surface area contributed by atoms with Gasteiger partial charge in [-0.15, -0.1) is 0 Å². The molecule has 0 aromatic heterocycles. The Morgan fingerprint density at radius 1 is 1.00 bits per heavy atom. The number of hydrogen-bond donors (Lipinski definition) is 2. The van der Waals surface area contributed by atoms with Crippen LogP contribution in [-0.2, 0) is 10.0 Å². The average Bonchev–Trinajstić information content (AvgIpc) is 2.50. The van der Waals surface area contributed by atoms with Crippen molar-refractivity contribution in [3.63, 3.8) is 0 Å². The van der Waals surface area contributed by atoms with Crippen LogP contribution in [0.1, 0.15) is 0 Å². The fraction of sp³-hybridized carbons (Fsp3) is 0.133. The first-order valence-corrected chi connectivity index (χ1v) is 8.20. The van der Waals surface area contributed by atoms with Gasteiger partial charge in [-0.1, -0.05) is 0 Å². The highest BCUT2D eigenvalue weighted by atomic mass is 32.2. The zero-order valence-corrected chi connectivity index (χ0v) is 13.7. The largest absolute Gasteiger partial charge is 0.323 e. The van der Waals surface area contributed by atoms with Gasteiger partial charge < -0.3 is 10.6 Å². The molecule has 0 aliphatic carbocycles. The van der Waals surface area contributed by atoms with Gasteiger partial charge in [-0.3, -0.25) is 0 Å². The third-order valence-corrected chi connectivity index (χ3v) is 4.90. The van der Waals surface area contributed by atoms with E-state index in [1.54, 1.807) is 0 Å². The van der Waals surface area contributed by atoms with Crippen molar-refractivity contribution in [3.05, 3.63) is 54.1 Å². The number of hydrogen-bond acceptors (Lipinski definition) is 3. The Balaban J connectivity index is 2.07. The van der Waals surface area contributed by atoms with Gasteiger partial charge in [-0.25, -0.2) is 26.3 Å². The predicted molar refractivity (Wildman–Crippen MR) is 86.3 cm³/mol. The molecule has 0 aliphatic rings. The number of urea groups is 1. The second-order valence-electron chi connectivity index (χ2n) is 5.02. The third kappa shape index (κ3) is 4.06. The lowest BCUT2D eigenvalue weighted by atomic mass is 10.3. The van der Waals surface area contributed by atoms with Crippen molar-refractivity contribution in [2.24, 2.45) is 0 Å². The molecule has 9 heteroatoms. The molecule has 0 fully saturated rings. The van der Waals surface area contributed by atoms with Crippen LogP contribution < -0.4 is 10.6 Å². The van der Waals surface area contributed by atoms with E-state index in [1.807, 2.05) is 0 Å². The molecule has 0 saturated heterocycles. The van der Waals surface area contributed by atoms with E-state index >= 15 is 0 Å². The van der Waals surface area contributed by atoms with Gasteiger partial charge in [0.2, 0.25) is 10.0 Å². The SMILES string of the molecule is CN(C)S(=O)(=O)c1ccc(NC(=O)Nc2ccc(F)cc2F)cc1. The first kappa shape index (κ1) is 17.8. The van der Waals surface area contributed by atoms with Crippen LogP contribution in [0, 0.1) is 11.6 Å². The molecule has 0 unspecified atom stereocenters. The number of sulfonamides is 1. The Kier molecular flexibility index (Phi) is 5.15. The number of halogens is 2. The highest BCUT2D eigenvalue weighted by Gasteiger charge is 2.16. The number of rotatable bonds is 4. The number of carbonyl (C=O) groups is 1. The van der Waals surface area contributed by atoms with E-state index in [1.165, 1.54) is 38.4 Å². The van der Waals surface area contributed by atoms with Gasteiger partial charge in [0.15, 0.2) is 0 Å². The fourth-order valence-corrected chi connectivity index (χ4v) is 2.70. The summed E-state index contributed by atoms with van der Waals surface area (Å²) >= 11 is 0. The molecule has 0 saturated carbocycles. The second kappa shape index (κ2) is 6.93. The van der Waals surface area contributed by atoms with Gasteiger partial charge in [0.1, 0.15) is 11.6 Å². The smallest absolute Gasteiger partial charge is 0.308 e. The Bertz CT molecular complexity index is 853. The number of benzene rings is 2. The van der Waals surface area contributed by atoms with Crippen LogP contribution in [0.3, 0.4) is 0 Å². The lowest BCUT2D eigenvalue weighted by Gasteiger charge is -2.12. The molecule has 24 heavy (non-hydrogen) atoms. The summed E-state index contributed by atoms with van der Waals surface area (Å²) in [5.74, 6) is -1.66. The van der Waals surface area contributed by atoms with Crippen molar-refractivity contribution >= 4 is 27.4 Å². The highest BCUT2D eigenvalue weighted by molar-refractivity contribution is 7.89. The molecular formula is C15H15F2N3O3S. The number of carbonyl (C=O) groups excluding carboxylic acids is 1.